The molecular formula is C10H14FNO. The molecule has 1 aromatic rings. The maximum Gasteiger partial charge on any atom is 0.251 e. The number of amides is 1. The molecule has 0 bridgehead atoms. The highest BCUT2D eigenvalue weighted by atomic mass is 19.1. The van der Waals surface area contributed by atoms with E-state index in [0.29, 0.717) is 0 Å². The zero-order valence-corrected chi connectivity index (χ0v) is 8.10. The lowest BCUT2D eigenvalue weighted by molar-refractivity contribution is 0.0996. The van der Waals surface area contributed by atoms with Gasteiger partial charge in [-0.25, -0.2) is 4.39 Å². The molecule has 0 saturated heterocycles. The minimum absolute atomic E-state index is 0.0596. The third-order valence-electron chi connectivity index (χ3n) is 1.39. The van der Waals surface area contributed by atoms with E-state index in [1.807, 2.05) is 13.8 Å². The summed E-state index contributed by atoms with van der Waals surface area (Å²) >= 11 is 0. The Kier molecular flexibility index (Phi) is 4.74. The van der Waals surface area contributed by atoms with E-state index in [4.69, 9.17) is 5.73 Å². The molecule has 0 unspecified atom stereocenters. The fourth-order valence-corrected chi connectivity index (χ4v) is 0.820. The van der Waals surface area contributed by atoms with Gasteiger partial charge in [0.15, 0.2) is 0 Å². The molecule has 3 heteroatoms. The number of halogens is 1. The van der Waals surface area contributed by atoms with Gasteiger partial charge in [-0.3, -0.25) is 4.79 Å². The van der Waals surface area contributed by atoms with Crippen LogP contribution in [0.1, 0.15) is 29.8 Å². The van der Waals surface area contributed by atoms with Crippen molar-refractivity contribution in [2.75, 3.05) is 0 Å². The van der Waals surface area contributed by atoms with Crippen molar-refractivity contribution in [1.29, 1.82) is 0 Å². The van der Waals surface area contributed by atoms with Gasteiger partial charge in [0.1, 0.15) is 5.82 Å². The predicted octanol–water partition coefficient (Wildman–Crippen LogP) is 2.26. The number of primary amides is 1. The quantitative estimate of drug-likeness (QED) is 0.713. The maximum atomic E-state index is 12.8. The molecule has 0 spiro atoms. The van der Waals surface area contributed by atoms with E-state index in [0.717, 1.165) is 5.56 Å². The molecular weight excluding hydrogens is 169 g/mol. The summed E-state index contributed by atoms with van der Waals surface area (Å²) in [5, 5.41) is 0. The SMILES string of the molecule is CC.Cc1ccc(C(N)=O)c(F)c1. The van der Waals surface area contributed by atoms with Gasteiger partial charge >= 0.3 is 0 Å². The molecule has 2 N–H and O–H groups in total. The second kappa shape index (κ2) is 5.30. The van der Waals surface area contributed by atoms with E-state index >= 15 is 0 Å². The Morgan fingerprint density at radius 1 is 1.38 bits per heavy atom. The molecule has 0 radical (unpaired) electrons. The van der Waals surface area contributed by atoms with Gasteiger partial charge in [-0.2, -0.15) is 0 Å². The summed E-state index contributed by atoms with van der Waals surface area (Å²) in [7, 11) is 0. The van der Waals surface area contributed by atoms with Crippen LogP contribution in [0, 0.1) is 12.7 Å². The number of benzene rings is 1. The first-order valence-electron chi connectivity index (χ1n) is 4.17. The molecule has 0 aliphatic heterocycles. The van der Waals surface area contributed by atoms with E-state index in [1.165, 1.54) is 12.1 Å². The van der Waals surface area contributed by atoms with Crippen molar-refractivity contribution >= 4 is 5.91 Å². The summed E-state index contributed by atoms with van der Waals surface area (Å²) in [4.78, 5) is 10.5. The van der Waals surface area contributed by atoms with Gasteiger partial charge in [0.2, 0.25) is 0 Å². The Labute approximate surface area is 77.6 Å². The molecule has 72 valence electrons. The van der Waals surface area contributed by atoms with E-state index in [-0.39, 0.29) is 5.56 Å². The van der Waals surface area contributed by atoms with Crippen LogP contribution in [-0.4, -0.2) is 5.91 Å². The Hall–Kier alpha value is -1.38. The number of hydrogen-bond acceptors (Lipinski definition) is 1. The number of hydrogen-bond donors (Lipinski definition) is 1. The van der Waals surface area contributed by atoms with Gasteiger partial charge in [-0.15, -0.1) is 0 Å². The third-order valence-corrected chi connectivity index (χ3v) is 1.39. The van der Waals surface area contributed by atoms with Gasteiger partial charge < -0.3 is 5.73 Å². The Morgan fingerprint density at radius 2 is 1.92 bits per heavy atom. The topological polar surface area (TPSA) is 43.1 Å². The largest absolute Gasteiger partial charge is 0.366 e. The second-order valence-corrected chi connectivity index (χ2v) is 2.35. The summed E-state index contributed by atoms with van der Waals surface area (Å²) in [6, 6.07) is 4.30. The molecule has 1 aromatic carbocycles. The van der Waals surface area contributed by atoms with Crippen LogP contribution in [0.5, 0.6) is 0 Å². The van der Waals surface area contributed by atoms with Crippen LogP contribution in [-0.2, 0) is 0 Å². The highest BCUT2D eigenvalue weighted by molar-refractivity contribution is 5.93. The van der Waals surface area contributed by atoms with E-state index in [1.54, 1.807) is 13.0 Å². The number of carbonyl (C=O) groups excluding carboxylic acids is 1. The summed E-state index contributed by atoms with van der Waals surface area (Å²) < 4.78 is 12.8. The number of aryl methyl sites for hydroxylation is 1. The standard InChI is InChI=1S/C8H8FNO.C2H6/c1-5-2-3-6(8(10)11)7(9)4-5;1-2/h2-4H,1H3,(H2,10,11);1-2H3. The van der Waals surface area contributed by atoms with Gasteiger partial charge in [0.05, 0.1) is 5.56 Å². The van der Waals surface area contributed by atoms with Crippen LogP contribution >= 0.6 is 0 Å². The molecule has 0 aliphatic carbocycles. The average Bonchev–Trinajstić information content (AvgIpc) is 2.07. The van der Waals surface area contributed by atoms with Crippen molar-refractivity contribution in [3.63, 3.8) is 0 Å². The van der Waals surface area contributed by atoms with Crippen molar-refractivity contribution in [3.05, 3.63) is 35.1 Å². The molecule has 0 aliphatic rings. The van der Waals surface area contributed by atoms with Crippen LogP contribution in [0.25, 0.3) is 0 Å². The zero-order valence-electron chi connectivity index (χ0n) is 8.10. The highest BCUT2D eigenvalue weighted by Gasteiger charge is 2.06. The summed E-state index contributed by atoms with van der Waals surface area (Å²) in [5.74, 6) is -1.29. The lowest BCUT2D eigenvalue weighted by Gasteiger charge is -1.97. The fourth-order valence-electron chi connectivity index (χ4n) is 0.820. The summed E-state index contributed by atoms with van der Waals surface area (Å²) in [6.45, 7) is 5.74. The van der Waals surface area contributed by atoms with Gasteiger partial charge in [-0.1, -0.05) is 19.9 Å². The molecule has 0 atom stereocenters. The van der Waals surface area contributed by atoms with Crippen molar-refractivity contribution in [3.8, 4) is 0 Å². The molecule has 0 fully saturated rings. The lowest BCUT2D eigenvalue weighted by atomic mass is 10.1. The van der Waals surface area contributed by atoms with E-state index < -0.39 is 11.7 Å². The third kappa shape index (κ3) is 3.23. The second-order valence-electron chi connectivity index (χ2n) is 2.35. The maximum absolute atomic E-state index is 12.8. The van der Waals surface area contributed by atoms with Crippen molar-refractivity contribution in [2.45, 2.75) is 20.8 Å². The van der Waals surface area contributed by atoms with Gasteiger partial charge in [0, 0.05) is 0 Å². The van der Waals surface area contributed by atoms with Crippen LogP contribution in [0.3, 0.4) is 0 Å². The normalized spacial score (nSPS) is 8.62. The number of nitrogens with two attached hydrogens (primary N) is 1. The smallest absolute Gasteiger partial charge is 0.251 e. The monoisotopic (exact) mass is 183 g/mol. The minimum atomic E-state index is -0.734. The highest BCUT2D eigenvalue weighted by Crippen LogP contribution is 2.08. The molecule has 1 rings (SSSR count). The van der Waals surface area contributed by atoms with Crippen LogP contribution in [0.15, 0.2) is 18.2 Å². The zero-order chi connectivity index (χ0) is 10.4. The Bertz CT molecular complexity index is 297. The van der Waals surface area contributed by atoms with Gasteiger partial charge in [-0.05, 0) is 24.6 Å². The molecule has 13 heavy (non-hydrogen) atoms. The van der Waals surface area contributed by atoms with Crippen molar-refractivity contribution in [1.82, 2.24) is 0 Å². The first kappa shape index (κ1) is 11.6. The van der Waals surface area contributed by atoms with Gasteiger partial charge in [0.25, 0.3) is 5.91 Å². The number of carbonyl (C=O) groups is 1. The van der Waals surface area contributed by atoms with E-state index in [2.05, 4.69) is 0 Å². The Morgan fingerprint density at radius 3 is 2.31 bits per heavy atom. The molecule has 0 heterocycles. The molecule has 0 aromatic heterocycles. The first-order chi connectivity index (χ1) is 6.11. The Balaban J connectivity index is 0.000000671. The first-order valence-corrected chi connectivity index (χ1v) is 4.17. The number of rotatable bonds is 1. The van der Waals surface area contributed by atoms with Crippen molar-refractivity contribution < 1.29 is 9.18 Å². The van der Waals surface area contributed by atoms with Crippen LogP contribution in [0.2, 0.25) is 0 Å². The molecule has 1 amide bonds. The summed E-state index contributed by atoms with van der Waals surface area (Å²) in [6.07, 6.45) is 0. The molecule has 0 saturated carbocycles. The predicted molar refractivity (Wildman–Crippen MR) is 51.0 cm³/mol. The van der Waals surface area contributed by atoms with E-state index in [9.17, 15) is 9.18 Å². The minimum Gasteiger partial charge on any atom is -0.366 e. The lowest BCUT2D eigenvalue weighted by Crippen LogP contribution is -2.12. The molecule has 2 nitrogen and oxygen atoms in total. The van der Waals surface area contributed by atoms with Crippen molar-refractivity contribution in [2.24, 2.45) is 5.73 Å². The van der Waals surface area contributed by atoms with Crippen LogP contribution < -0.4 is 5.73 Å². The van der Waals surface area contributed by atoms with Crippen LogP contribution in [0.4, 0.5) is 4.39 Å². The summed E-state index contributed by atoms with van der Waals surface area (Å²) in [5.41, 5.74) is 5.60. The fraction of sp³-hybridized carbons (Fsp3) is 0.300. The average molecular weight is 183 g/mol.